The standard InChI is InChI=1S/C18H21BrN2O3.ClH/c1-18(20,13-6-8-14(19)9-7-13)17(22)21-15-4-3-5-16(12-15)24-11-10-23-2;/h3-9,12H,10-11,20H2,1-2H3,(H,21,22);1H. The van der Waals surface area contributed by atoms with E-state index in [2.05, 4.69) is 21.2 Å². The molecule has 0 saturated heterocycles. The molecule has 0 spiro atoms. The summed E-state index contributed by atoms with van der Waals surface area (Å²) in [4.78, 5) is 12.6. The van der Waals surface area contributed by atoms with Gasteiger partial charge in [-0.05, 0) is 36.8 Å². The van der Waals surface area contributed by atoms with Gasteiger partial charge in [0.15, 0.2) is 0 Å². The average molecular weight is 430 g/mol. The zero-order chi connectivity index (χ0) is 17.6. The van der Waals surface area contributed by atoms with Crippen LogP contribution in [0.2, 0.25) is 0 Å². The lowest BCUT2D eigenvalue weighted by molar-refractivity contribution is -0.120. The Kier molecular flexibility index (Phi) is 8.38. The van der Waals surface area contributed by atoms with Crippen molar-refractivity contribution in [2.45, 2.75) is 12.5 Å². The van der Waals surface area contributed by atoms with Crippen molar-refractivity contribution in [2.75, 3.05) is 25.6 Å². The summed E-state index contributed by atoms with van der Waals surface area (Å²) in [7, 11) is 1.62. The molecule has 1 unspecified atom stereocenters. The maximum atomic E-state index is 12.6. The molecule has 0 aliphatic heterocycles. The highest BCUT2D eigenvalue weighted by Gasteiger charge is 2.30. The predicted octanol–water partition coefficient (Wildman–Crippen LogP) is 3.71. The quantitative estimate of drug-likeness (QED) is 0.658. The van der Waals surface area contributed by atoms with Gasteiger partial charge < -0.3 is 20.5 Å². The number of nitrogens with two attached hydrogens (primary N) is 1. The van der Waals surface area contributed by atoms with Gasteiger partial charge in [0.2, 0.25) is 5.91 Å². The van der Waals surface area contributed by atoms with E-state index in [1.165, 1.54) is 0 Å². The molecule has 2 rings (SSSR count). The van der Waals surface area contributed by atoms with E-state index >= 15 is 0 Å². The molecule has 0 radical (unpaired) electrons. The summed E-state index contributed by atoms with van der Waals surface area (Å²) in [5, 5.41) is 2.84. The average Bonchev–Trinajstić information content (AvgIpc) is 2.56. The van der Waals surface area contributed by atoms with Crippen LogP contribution in [0.15, 0.2) is 53.0 Å². The minimum atomic E-state index is -1.15. The van der Waals surface area contributed by atoms with Gasteiger partial charge in [0.1, 0.15) is 17.9 Å². The van der Waals surface area contributed by atoms with E-state index in [0.29, 0.717) is 24.7 Å². The highest BCUT2D eigenvalue weighted by atomic mass is 79.9. The Morgan fingerprint density at radius 2 is 1.88 bits per heavy atom. The second kappa shape index (κ2) is 9.77. The summed E-state index contributed by atoms with van der Waals surface area (Å²) < 4.78 is 11.4. The highest BCUT2D eigenvalue weighted by Crippen LogP contribution is 2.24. The van der Waals surface area contributed by atoms with Crippen molar-refractivity contribution in [1.82, 2.24) is 0 Å². The van der Waals surface area contributed by atoms with Crippen molar-refractivity contribution in [3.05, 3.63) is 58.6 Å². The normalized spacial score (nSPS) is 12.6. The number of anilines is 1. The molecule has 25 heavy (non-hydrogen) atoms. The first-order valence-electron chi connectivity index (χ1n) is 7.51. The van der Waals surface area contributed by atoms with E-state index in [1.807, 2.05) is 36.4 Å². The number of amides is 1. The summed E-state index contributed by atoms with van der Waals surface area (Å²) in [5.41, 5.74) is 6.46. The third-order valence-electron chi connectivity index (χ3n) is 3.56. The summed E-state index contributed by atoms with van der Waals surface area (Å²) in [5.74, 6) is 0.367. The number of carbonyl (C=O) groups is 1. The third kappa shape index (κ3) is 6.01. The number of nitrogens with one attached hydrogen (secondary N) is 1. The van der Waals surface area contributed by atoms with Crippen LogP contribution in [0.25, 0.3) is 0 Å². The first kappa shape index (κ1) is 21.4. The van der Waals surface area contributed by atoms with E-state index in [1.54, 1.807) is 26.2 Å². The molecule has 0 heterocycles. The molecule has 0 fully saturated rings. The number of rotatable bonds is 7. The van der Waals surface area contributed by atoms with Crippen LogP contribution in [0.1, 0.15) is 12.5 Å². The molecular formula is C18H22BrClN2O3. The van der Waals surface area contributed by atoms with Crippen molar-refractivity contribution in [3.8, 4) is 5.75 Å². The number of ether oxygens (including phenoxy) is 2. The van der Waals surface area contributed by atoms with E-state index in [0.717, 1.165) is 10.0 Å². The van der Waals surface area contributed by atoms with Gasteiger partial charge in [-0.2, -0.15) is 0 Å². The maximum absolute atomic E-state index is 12.6. The summed E-state index contributed by atoms with van der Waals surface area (Å²) in [6.07, 6.45) is 0. The van der Waals surface area contributed by atoms with Crippen molar-refractivity contribution in [1.29, 1.82) is 0 Å². The molecule has 0 saturated carbocycles. The summed E-state index contributed by atoms with van der Waals surface area (Å²) >= 11 is 3.37. The third-order valence-corrected chi connectivity index (χ3v) is 4.09. The molecule has 0 aromatic heterocycles. The summed E-state index contributed by atoms with van der Waals surface area (Å²) in [6, 6.07) is 14.6. The van der Waals surface area contributed by atoms with Crippen LogP contribution in [0.4, 0.5) is 5.69 Å². The smallest absolute Gasteiger partial charge is 0.248 e. The van der Waals surface area contributed by atoms with Crippen LogP contribution in [-0.2, 0) is 15.1 Å². The van der Waals surface area contributed by atoms with Gasteiger partial charge in [-0.1, -0.05) is 34.1 Å². The predicted molar refractivity (Wildman–Crippen MR) is 105 cm³/mol. The van der Waals surface area contributed by atoms with Gasteiger partial charge in [0, 0.05) is 23.3 Å². The van der Waals surface area contributed by atoms with Crippen LogP contribution >= 0.6 is 28.3 Å². The fraction of sp³-hybridized carbons (Fsp3) is 0.278. The van der Waals surface area contributed by atoms with Crippen molar-refractivity contribution >= 4 is 39.9 Å². The van der Waals surface area contributed by atoms with Crippen LogP contribution in [0.5, 0.6) is 5.75 Å². The van der Waals surface area contributed by atoms with Gasteiger partial charge in [-0.15, -0.1) is 12.4 Å². The molecule has 2 aromatic rings. The fourth-order valence-corrected chi connectivity index (χ4v) is 2.36. The molecule has 5 nitrogen and oxygen atoms in total. The molecule has 0 aliphatic carbocycles. The minimum Gasteiger partial charge on any atom is -0.491 e. The largest absolute Gasteiger partial charge is 0.491 e. The number of carbonyl (C=O) groups excluding carboxylic acids is 1. The SMILES string of the molecule is COCCOc1cccc(NC(=O)C(C)(N)c2ccc(Br)cc2)c1.Cl. The Labute approximate surface area is 162 Å². The van der Waals surface area contributed by atoms with Gasteiger partial charge in [0.05, 0.1) is 6.61 Å². The Bertz CT molecular complexity index is 693. The van der Waals surface area contributed by atoms with Crippen LogP contribution in [0.3, 0.4) is 0 Å². The second-order valence-electron chi connectivity index (χ2n) is 5.53. The number of benzene rings is 2. The van der Waals surface area contributed by atoms with Gasteiger partial charge in [-0.25, -0.2) is 0 Å². The first-order valence-corrected chi connectivity index (χ1v) is 8.31. The van der Waals surface area contributed by atoms with Crippen LogP contribution in [-0.4, -0.2) is 26.2 Å². The number of hydrogen-bond donors (Lipinski definition) is 2. The second-order valence-corrected chi connectivity index (χ2v) is 6.45. The Morgan fingerprint density at radius 3 is 2.52 bits per heavy atom. The maximum Gasteiger partial charge on any atom is 0.248 e. The molecular weight excluding hydrogens is 408 g/mol. The van der Waals surface area contributed by atoms with Gasteiger partial charge in [-0.3, -0.25) is 4.79 Å². The lowest BCUT2D eigenvalue weighted by Gasteiger charge is -2.24. The molecule has 2 aromatic carbocycles. The topological polar surface area (TPSA) is 73.6 Å². The van der Waals surface area contributed by atoms with Crippen LogP contribution < -0.4 is 15.8 Å². The van der Waals surface area contributed by atoms with E-state index in [9.17, 15) is 4.79 Å². The zero-order valence-corrected chi connectivity index (χ0v) is 16.5. The lowest BCUT2D eigenvalue weighted by atomic mass is 9.92. The van der Waals surface area contributed by atoms with Gasteiger partial charge >= 0.3 is 0 Å². The Morgan fingerprint density at radius 1 is 1.20 bits per heavy atom. The highest BCUT2D eigenvalue weighted by molar-refractivity contribution is 9.10. The monoisotopic (exact) mass is 428 g/mol. The molecule has 136 valence electrons. The Hall–Kier alpha value is -1.60. The molecule has 1 amide bonds. The number of methoxy groups -OCH3 is 1. The lowest BCUT2D eigenvalue weighted by Crippen LogP contribution is -2.45. The van der Waals surface area contributed by atoms with Gasteiger partial charge in [0.25, 0.3) is 0 Å². The van der Waals surface area contributed by atoms with Crippen molar-refractivity contribution in [3.63, 3.8) is 0 Å². The molecule has 0 aliphatic rings. The fourth-order valence-electron chi connectivity index (χ4n) is 2.09. The molecule has 3 N–H and O–H groups in total. The van der Waals surface area contributed by atoms with E-state index in [-0.39, 0.29) is 18.3 Å². The van der Waals surface area contributed by atoms with E-state index < -0.39 is 5.54 Å². The van der Waals surface area contributed by atoms with E-state index in [4.69, 9.17) is 15.2 Å². The number of hydrogen-bond acceptors (Lipinski definition) is 4. The molecule has 1 atom stereocenters. The number of halogens is 2. The van der Waals surface area contributed by atoms with Crippen molar-refractivity contribution in [2.24, 2.45) is 5.73 Å². The minimum absolute atomic E-state index is 0. The van der Waals surface area contributed by atoms with Crippen molar-refractivity contribution < 1.29 is 14.3 Å². The van der Waals surface area contributed by atoms with Crippen LogP contribution in [0, 0.1) is 0 Å². The summed E-state index contributed by atoms with van der Waals surface area (Å²) in [6.45, 7) is 2.63. The zero-order valence-electron chi connectivity index (χ0n) is 14.1. The first-order chi connectivity index (χ1) is 11.4. The molecule has 0 bridgehead atoms. The Balaban J connectivity index is 0.00000312. The molecule has 7 heteroatoms.